The average molecular weight is 993 g/mol. The van der Waals surface area contributed by atoms with E-state index in [-0.39, 0.29) is 0 Å². The van der Waals surface area contributed by atoms with Crippen LogP contribution in [-0.4, -0.2) is 14.5 Å². The fraction of sp³-hybridized carbons (Fsp3) is 0.0145. The molecule has 0 spiro atoms. The second-order valence-corrected chi connectivity index (χ2v) is 21.4. The Labute approximate surface area is 442 Å². The summed E-state index contributed by atoms with van der Waals surface area (Å²) in [5.41, 5.74) is 20.5. The molecule has 0 N–H and O–H groups in total. The van der Waals surface area contributed by atoms with Gasteiger partial charge in [0.15, 0.2) is 0 Å². The molecule has 3 heterocycles. The summed E-state index contributed by atoms with van der Waals surface area (Å²) in [6, 6.07) is 97.4. The number of nitrogens with zero attached hydrogens (tertiary/aromatic N) is 4. The average Bonchev–Trinajstić information content (AvgIpc) is 4.37. The van der Waals surface area contributed by atoms with E-state index < -0.39 is 5.41 Å². The quantitative estimate of drug-likeness (QED) is 0.144. The minimum absolute atomic E-state index is 0.450. The van der Waals surface area contributed by atoms with Crippen LogP contribution in [0.2, 0.25) is 0 Å². The van der Waals surface area contributed by atoms with Gasteiger partial charge in [-0.2, -0.15) is 0 Å². The number of hydrogen-bond acceptors (Lipinski definition) is 5. The van der Waals surface area contributed by atoms with Crippen molar-refractivity contribution in [3.05, 3.63) is 289 Å². The lowest BCUT2D eigenvalue weighted by molar-refractivity contribution is 0.768. The Morgan fingerprint density at radius 3 is 1.36 bits per heavy atom. The van der Waals surface area contributed by atoms with Crippen molar-refractivity contribution in [2.24, 2.45) is 0 Å². The van der Waals surface area contributed by atoms with E-state index in [9.17, 15) is 0 Å². The van der Waals surface area contributed by atoms with Crippen LogP contribution in [0.15, 0.2) is 267 Å². The van der Waals surface area contributed by atoms with Gasteiger partial charge < -0.3 is 9.47 Å². The largest absolute Gasteiger partial charge is 0.310 e. The van der Waals surface area contributed by atoms with Crippen LogP contribution in [0.4, 0.5) is 17.1 Å². The molecule has 0 saturated carbocycles. The molecule has 1 aliphatic rings. The number of thiazole rings is 2. The first-order chi connectivity index (χ1) is 37.2. The number of fused-ring (bicyclic) bond motifs is 8. The topological polar surface area (TPSA) is 34.0 Å². The summed E-state index contributed by atoms with van der Waals surface area (Å²) in [7, 11) is 0. The van der Waals surface area contributed by atoms with Crippen molar-refractivity contribution in [1.29, 1.82) is 0 Å². The van der Waals surface area contributed by atoms with Crippen LogP contribution in [0.25, 0.3) is 91.3 Å². The molecule has 4 nitrogen and oxygen atoms in total. The number of para-hydroxylation sites is 3. The molecule has 0 atom stereocenters. The van der Waals surface area contributed by atoms with E-state index in [1.807, 2.05) is 0 Å². The fourth-order valence-electron chi connectivity index (χ4n) is 11.8. The first-order valence-electron chi connectivity index (χ1n) is 25.4. The van der Waals surface area contributed by atoms with Crippen molar-refractivity contribution in [3.8, 4) is 49.1 Å². The highest BCUT2D eigenvalue weighted by Gasteiger charge is 2.45. The number of benzene rings is 11. The molecule has 0 aliphatic heterocycles. The molecular weight excluding hydrogens is 949 g/mol. The second-order valence-electron chi connectivity index (χ2n) is 19.3. The van der Waals surface area contributed by atoms with Gasteiger partial charge in [0.05, 0.1) is 36.9 Å². The number of rotatable bonds is 9. The van der Waals surface area contributed by atoms with Crippen molar-refractivity contribution in [2.45, 2.75) is 5.41 Å². The maximum Gasteiger partial charge on any atom is 0.124 e. The minimum atomic E-state index is -0.450. The lowest BCUT2D eigenvalue weighted by Crippen LogP contribution is -2.28. The summed E-state index contributed by atoms with van der Waals surface area (Å²) >= 11 is 3.46. The molecule has 0 unspecified atom stereocenters. The van der Waals surface area contributed by atoms with Crippen LogP contribution >= 0.6 is 22.7 Å². The molecule has 15 rings (SSSR count). The minimum Gasteiger partial charge on any atom is -0.310 e. The first-order valence-corrected chi connectivity index (χ1v) is 27.0. The first kappa shape index (κ1) is 43.4. The zero-order valence-electron chi connectivity index (χ0n) is 40.5. The molecular formula is C69H44N4S2. The van der Waals surface area contributed by atoms with Crippen LogP contribution in [0.5, 0.6) is 0 Å². The lowest BCUT2D eigenvalue weighted by atomic mass is 9.67. The van der Waals surface area contributed by atoms with Gasteiger partial charge in [0.2, 0.25) is 0 Å². The smallest absolute Gasteiger partial charge is 0.124 e. The van der Waals surface area contributed by atoms with Gasteiger partial charge in [-0.1, -0.05) is 152 Å². The van der Waals surface area contributed by atoms with Crippen molar-refractivity contribution in [3.63, 3.8) is 0 Å². The molecule has 6 heteroatoms. The number of hydrogen-bond donors (Lipinski definition) is 0. The van der Waals surface area contributed by atoms with E-state index in [2.05, 4.69) is 276 Å². The monoisotopic (exact) mass is 992 g/mol. The molecule has 0 bridgehead atoms. The Hall–Kier alpha value is -9.20. The maximum absolute atomic E-state index is 5.00. The van der Waals surface area contributed by atoms with Crippen LogP contribution in [0.3, 0.4) is 0 Å². The molecule has 3 aromatic heterocycles. The van der Waals surface area contributed by atoms with Gasteiger partial charge in [0.25, 0.3) is 0 Å². The standard InChI is InChI=1S/C69H44N4S2/c1-3-15-49(16-4-1)69(59-21-9-7-19-55(59)56-20-8-10-22-60(56)69)50-34-27-45(28-35-50)48-33-41-63-57(43-48)58-44-54(40-42-64(58)73(63)51-17-5-2-6-18-51)72(52-36-29-46(30-37-52)67-70-61-23-11-13-25-65(61)74-67)53-38-31-47(32-39-53)68-71-62-24-12-14-26-66(62)75-68/h1-44H. The van der Waals surface area contributed by atoms with Crippen molar-refractivity contribution in [1.82, 2.24) is 14.5 Å². The molecule has 75 heavy (non-hydrogen) atoms. The van der Waals surface area contributed by atoms with E-state index >= 15 is 0 Å². The SMILES string of the molecule is c1ccc(-n2c3ccc(-c4ccc(C5(c6ccccc6)c6ccccc6-c6ccccc65)cc4)cc3c3cc(N(c4ccc(-c5nc6ccccc6s5)cc4)c4ccc(-c5nc6ccccc6s5)cc4)ccc32)cc1. The van der Waals surface area contributed by atoms with E-state index in [1.165, 1.54) is 64.7 Å². The van der Waals surface area contributed by atoms with Crippen molar-refractivity contribution >= 4 is 82.0 Å². The predicted molar refractivity (Wildman–Crippen MR) is 315 cm³/mol. The molecule has 352 valence electrons. The Morgan fingerprint density at radius 1 is 0.347 bits per heavy atom. The van der Waals surface area contributed by atoms with E-state index in [1.54, 1.807) is 22.7 Å². The number of aromatic nitrogens is 3. The van der Waals surface area contributed by atoms with Gasteiger partial charge in [0, 0.05) is 44.6 Å². The fourth-order valence-corrected chi connectivity index (χ4v) is 13.7. The maximum atomic E-state index is 5.00. The summed E-state index contributed by atoms with van der Waals surface area (Å²) in [6.45, 7) is 0. The summed E-state index contributed by atoms with van der Waals surface area (Å²) in [5.74, 6) is 0. The third-order valence-corrected chi connectivity index (χ3v) is 17.3. The van der Waals surface area contributed by atoms with E-state index in [0.717, 1.165) is 66.0 Å². The molecule has 0 amide bonds. The van der Waals surface area contributed by atoms with Crippen LogP contribution in [0, 0.1) is 0 Å². The zero-order valence-corrected chi connectivity index (χ0v) is 42.1. The molecule has 14 aromatic rings. The van der Waals surface area contributed by atoms with Gasteiger partial charge >= 0.3 is 0 Å². The lowest BCUT2D eigenvalue weighted by Gasteiger charge is -2.34. The molecule has 11 aromatic carbocycles. The van der Waals surface area contributed by atoms with Crippen LogP contribution < -0.4 is 4.90 Å². The highest BCUT2D eigenvalue weighted by atomic mass is 32.1. The normalized spacial score (nSPS) is 12.6. The highest BCUT2D eigenvalue weighted by Crippen LogP contribution is 2.56. The highest BCUT2D eigenvalue weighted by molar-refractivity contribution is 7.22. The Bertz CT molecular complexity index is 4230. The van der Waals surface area contributed by atoms with Gasteiger partial charge in [-0.05, 0) is 160 Å². The van der Waals surface area contributed by atoms with Crippen LogP contribution in [-0.2, 0) is 5.41 Å². The van der Waals surface area contributed by atoms with Crippen molar-refractivity contribution < 1.29 is 0 Å². The third-order valence-electron chi connectivity index (χ3n) is 15.2. The summed E-state index contributed by atoms with van der Waals surface area (Å²) in [6.07, 6.45) is 0. The molecule has 1 aliphatic carbocycles. The van der Waals surface area contributed by atoms with Gasteiger partial charge in [-0.25, -0.2) is 9.97 Å². The third kappa shape index (κ3) is 7.02. The van der Waals surface area contributed by atoms with Crippen LogP contribution in [0.1, 0.15) is 22.3 Å². The number of anilines is 3. The zero-order chi connectivity index (χ0) is 49.5. The van der Waals surface area contributed by atoms with Gasteiger partial charge in [-0.3, -0.25) is 0 Å². The summed E-state index contributed by atoms with van der Waals surface area (Å²) in [5, 5.41) is 4.39. The van der Waals surface area contributed by atoms with Gasteiger partial charge in [-0.15, -0.1) is 22.7 Å². The second kappa shape index (κ2) is 17.5. The molecule has 0 saturated heterocycles. The van der Waals surface area contributed by atoms with Crippen molar-refractivity contribution in [2.75, 3.05) is 4.90 Å². The predicted octanol–water partition coefficient (Wildman–Crippen LogP) is 18.8. The Balaban J connectivity index is 0.872. The molecule has 0 fully saturated rings. The Morgan fingerprint density at radius 2 is 0.787 bits per heavy atom. The summed E-state index contributed by atoms with van der Waals surface area (Å²) in [4.78, 5) is 12.4. The Kier molecular flexibility index (Phi) is 10.1. The molecule has 0 radical (unpaired) electrons. The van der Waals surface area contributed by atoms with E-state index in [0.29, 0.717) is 0 Å². The van der Waals surface area contributed by atoms with E-state index in [4.69, 9.17) is 9.97 Å². The summed E-state index contributed by atoms with van der Waals surface area (Å²) < 4.78 is 4.78. The van der Waals surface area contributed by atoms with Gasteiger partial charge in [0.1, 0.15) is 10.0 Å².